The zero-order chi connectivity index (χ0) is 27.4. The Morgan fingerprint density at radius 2 is 1.45 bits per heavy atom. The molecule has 0 unspecified atom stereocenters. The standard InChI is InChI=1S/C36H31NO3/c1-22-13-17-24(18-14-22)21-37-28-12-8-7-11-27(28)30-31(33(37)26-19-15-23(2)16-20-26)34(39-3)32-29(36(38)40-35(30)32)25-9-5-4-6-10-25/h4-20,30,33,35H,21H2,1-3H3/t30-,33+,35+/m1/s1. The molecule has 0 bridgehead atoms. The smallest absolute Gasteiger partial charge is 0.339 e. The van der Waals surface area contributed by atoms with Gasteiger partial charge in [-0.3, -0.25) is 0 Å². The van der Waals surface area contributed by atoms with Crippen molar-refractivity contribution in [2.45, 2.75) is 38.5 Å². The minimum absolute atomic E-state index is 0.0921. The number of fused-ring (bicyclic) bond motifs is 5. The topological polar surface area (TPSA) is 38.8 Å². The minimum atomic E-state index is -0.428. The third-order valence-corrected chi connectivity index (χ3v) is 8.46. The van der Waals surface area contributed by atoms with E-state index in [4.69, 9.17) is 9.47 Å². The largest absolute Gasteiger partial charge is 0.496 e. The number of hydrogen-bond donors (Lipinski definition) is 0. The highest BCUT2D eigenvalue weighted by atomic mass is 16.6. The Morgan fingerprint density at radius 1 is 0.800 bits per heavy atom. The van der Waals surface area contributed by atoms with Gasteiger partial charge in [0.05, 0.1) is 30.2 Å². The molecule has 1 aliphatic carbocycles. The monoisotopic (exact) mass is 525 g/mol. The number of anilines is 1. The summed E-state index contributed by atoms with van der Waals surface area (Å²) in [6.45, 7) is 4.97. The predicted molar refractivity (Wildman–Crippen MR) is 158 cm³/mol. The first-order chi connectivity index (χ1) is 19.5. The van der Waals surface area contributed by atoms with Crippen LogP contribution in [0, 0.1) is 13.8 Å². The zero-order valence-electron chi connectivity index (χ0n) is 22.9. The number of benzene rings is 4. The highest BCUT2D eigenvalue weighted by molar-refractivity contribution is 6.21. The van der Waals surface area contributed by atoms with Crippen molar-refractivity contribution in [1.82, 2.24) is 0 Å². The van der Waals surface area contributed by atoms with E-state index in [9.17, 15) is 4.79 Å². The van der Waals surface area contributed by atoms with Gasteiger partial charge in [0.2, 0.25) is 0 Å². The van der Waals surface area contributed by atoms with E-state index in [-0.39, 0.29) is 17.9 Å². The number of methoxy groups -OCH3 is 1. The lowest BCUT2D eigenvalue weighted by atomic mass is 9.78. The minimum Gasteiger partial charge on any atom is -0.496 e. The van der Waals surface area contributed by atoms with Gasteiger partial charge in [-0.2, -0.15) is 0 Å². The Labute approximate surface area is 235 Å². The van der Waals surface area contributed by atoms with Crippen LogP contribution < -0.4 is 4.90 Å². The SMILES string of the molecule is COC1=C2[C@H](c3ccc(C)cc3)N(Cc3ccc(C)cc3)c3ccccc3[C@H]2[C@@H]2OC(=O)C(c3ccccc3)=C12. The third-order valence-electron chi connectivity index (χ3n) is 8.46. The van der Waals surface area contributed by atoms with E-state index in [1.54, 1.807) is 7.11 Å². The maximum atomic E-state index is 13.4. The summed E-state index contributed by atoms with van der Waals surface area (Å²) in [5.74, 6) is 0.354. The Balaban J connectivity index is 1.50. The van der Waals surface area contributed by atoms with E-state index >= 15 is 0 Å². The molecule has 0 radical (unpaired) electrons. The van der Waals surface area contributed by atoms with E-state index in [0.717, 1.165) is 40.3 Å². The first-order valence-corrected chi connectivity index (χ1v) is 13.8. The van der Waals surface area contributed by atoms with Crippen LogP contribution in [0.1, 0.15) is 45.3 Å². The number of rotatable bonds is 5. The maximum absolute atomic E-state index is 13.4. The van der Waals surface area contributed by atoms with Crippen LogP contribution in [0.4, 0.5) is 5.69 Å². The fraction of sp³-hybridized carbons (Fsp3) is 0.194. The van der Waals surface area contributed by atoms with Gasteiger partial charge >= 0.3 is 5.97 Å². The van der Waals surface area contributed by atoms with Crippen molar-refractivity contribution in [3.05, 3.63) is 153 Å². The second-order valence-corrected chi connectivity index (χ2v) is 10.9. The summed E-state index contributed by atoms with van der Waals surface area (Å²) >= 11 is 0. The molecule has 0 saturated heterocycles. The summed E-state index contributed by atoms with van der Waals surface area (Å²) in [7, 11) is 1.72. The van der Waals surface area contributed by atoms with Gasteiger partial charge in [-0.05, 0) is 42.2 Å². The van der Waals surface area contributed by atoms with Crippen molar-refractivity contribution in [1.29, 1.82) is 0 Å². The zero-order valence-corrected chi connectivity index (χ0v) is 22.9. The molecule has 0 amide bonds. The van der Waals surface area contributed by atoms with Crippen molar-refractivity contribution in [3.63, 3.8) is 0 Å². The van der Waals surface area contributed by atoms with Crippen LogP contribution in [0.2, 0.25) is 0 Å². The van der Waals surface area contributed by atoms with Gasteiger partial charge in [-0.15, -0.1) is 0 Å². The fourth-order valence-electron chi connectivity index (χ4n) is 6.65. The maximum Gasteiger partial charge on any atom is 0.339 e. The Hall–Kier alpha value is -4.57. The molecule has 0 saturated carbocycles. The first-order valence-electron chi connectivity index (χ1n) is 13.8. The Morgan fingerprint density at radius 3 is 2.15 bits per heavy atom. The summed E-state index contributed by atoms with van der Waals surface area (Å²) in [5, 5.41) is 0. The quantitative estimate of drug-likeness (QED) is 0.254. The summed E-state index contributed by atoms with van der Waals surface area (Å²) in [6, 6.07) is 35.8. The van der Waals surface area contributed by atoms with Gasteiger partial charge in [-0.1, -0.05) is 108 Å². The van der Waals surface area contributed by atoms with E-state index in [1.165, 1.54) is 22.3 Å². The predicted octanol–water partition coefficient (Wildman–Crippen LogP) is 7.44. The van der Waals surface area contributed by atoms with Gasteiger partial charge in [0, 0.05) is 17.8 Å². The number of carbonyl (C=O) groups is 1. The molecule has 2 heterocycles. The molecule has 40 heavy (non-hydrogen) atoms. The molecule has 0 N–H and O–H groups in total. The number of para-hydroxylation sites is 1. The number of aryl methyl sites for hydroxylation is 2. The molecule has 198 valence electrons. The van der Waals surface area contributed by atoms with E-state index < -0.39 is 6.10 Å². The molecule has 4 aromatic rings. The van der Waals surface area contributed by atoms with Crippen molar-refractivity contribution in [2.75, 3.05) is 12.0 Å². The first kappa shape index (κ1) is 24.5. The van der Waals surface area contributed by atoms with Crippen LogP contribution >= 0.6 is 0 Å². The van der Waals surface area contributed by atoms with Crippen molar-refractivity contribution < 1.29 is 14.3 Å². The van der Waals surface area contributed by atoms with E-state index in [0.29, 0.717) is 5.57 Å². The van der Waals surface area contributed by atoms with Crippen LogP contribution in [-0.2, 0) is 20.8 Å². The Kier molecular flexibility index (Phi) is 5.85. The molecule has 0 aromatic heterocycles. The van der Waals surface area contributed by atoms with Crippen LogP contribution in [0.3, 0.4) is 0 Å². The lowest BCUT2D eigenvalue weighted by Gasteiger charge is -2.44. The van der Waals surface area contributed by atoms with Gasteiger partial charge in [0.1, 0.15) is 11.9 Å². The normalized spacial score (nSPS) is 21.2. The van der Waals surface area contributed by atoms with Gasteiger partial charge in [-0.25, -0.2) is 4.79 Å². The van der Waals surface area contributed by atoms with Crippen LogP contribution in [0.15, 0.2) is 120 Å². The molecule has 0 fully saturated rings. The number of ether oxygens (including phenoxy) is 2. The molecular formula is C36H31NO3. The second-order valence-electron chi connectivity index (χ2n) is 10.9. The number of carbonyl (C=O) groups excluding carboxylic acids is 1. The molecular weight excluding hydrogens is 494 g/mol. The molecule has 2 aliphatic heterocycles. The van der Waals surface area contributed by atoms with E-state index in [1.807, 2.05) is 30.3 Å². The van der Waals surface area contributed by atoms with Gasteiger partial charge in [0.15, 0.2) is 0 Å². The molecule has 3 atom stereocenters. The highest BCUT2D eigenvalue weighted by Gasteiger charge is 2.55. The van der Waals surface area contributed by atoms with Crippen molar-refractivity contribution >= 4 is 17.2 Å². The molecule has 4 heteroatoms. The molecule has 7 rings (SSSR count). The summed E-state index contributed by atoms with van der Waals surface area (Å²) in [6.07, 6.45) is -0.428. The summed E-state index contributed by atoms with van der Waals surface area (Å²) in [4.78, 5) is 15.9. The van der Waals surface area contributed by atoms with E-state index in [2.05, 4.69) is 91.5 Å². The second kappa shape index (κ2) is 9.56. The molecule has 0 spiro atoms. The molecule has 4 aromatic carbocycles. The Bertz CT molecular complexity index is 1670. The number of hydrogen-bond acceptors (Lipinski definition) is 4. The van der Waals surface area contributed by atoms with Crippen LogP contribution in [-0.4, -0.2) is 19.2 Å². The molecule has 4 nitrogen and oxygen atoms in total. The average Bonchev–Trinajstić information content (AvgIpc) is 3.47. The fourth-order valence-corrected chi connectivity index (χ4v) is 6.65. The van der Waals surface area contributed by atoms with Crippen LogP contribution in [0.5, 0.6) is 0 Å². The third kappa shape index (κ3) is 3.78. The summed E-state index contributed by atoms with van der Waals surface area (Å²) < 4.78 is 12.5. The van der Waals surface area contributed by atoms with Crippen LogP contribution in [0.25, 0.3) is 5.57 Å². The van der Waals surface area contributed by atoms with Crippen molar-refractivity contribution in [3.8, 4) is 0 Å². The number of esters is 1. The van der Waals surface area contributed by atoms with Gasteiger partial charge in [0.25, 0.3) is 0 Å². The van der Waals surface area contributed by atoms with Crippen molar-refractivity contribution in [2.24, 2.45) is 0 Å². The average molecular weight is 526 g/mol. The number of nitrogens with zero attached hydrogens (tertiary/aromatic N) is 1. The molecule has 3 aliphatic rings. The lowest BCUT2D eigenvalue weighted by molar-refractivity contribution is -0.138. The lowest BCUT2D eigenvalue weighted by Crippen LogP contribution is -2.38. The summed E-state index contributed by atoms with van der Waals surface area (Å²) in [5.41, 5.74) is 10.7. The highest BCUT2D eigenvalue weighted by Crippen LogP contribution is 2.60. The van der Waals surface area contributed by atoms with Gasteiger partial charge < -0.3 is 14.4 Å².